The van der Waals surface area contributed by atoms with Crippen molar-refractivity contribution in [2.24, 2.45) is 0 Å². The zero-order valence-electron chi connectivity index (χ0n) is 19.2. The molecule has 1 saturated heterocycles. The highest BCUT2D eigenvalue weighted by molar-refractivity contribution is 5.99. The van der Waals surface area contributed by atoms with Crippen molar-refractivity contribution in [3.8, 4) is 16.9 Å². The maximum absolute atomic E-state index is 14.8. The number of methoxy groups -OCH3 is 1. The summed E-state index contributed by atoms with van der Waals surface area (Å²) in [4.78, 5) is 22.4. The number of rotatable bonds is 6. The molecule has 0 aliphatic carbocycles. The zero-order valence-corrected chi connectivity index (χ0v) is 19.2. The molecule has 0 unspecified atom stereocenters. The summed E-state index contributed by atoms with van der Waals surface area (Å²) in [5.74, 6) is -1.07. The molecule has 1 N–H and O–H groups in total. The Kier molecular flexibility index (Phi) is 6.64. The third-order valence-corrected chi connectivity index (χ3v) is 5.27. The lowest BCUT2D eigenvalue weighted by Crippen LogP contribution is -2.46. The first-order valence-electron chi connectivity index (χ1n) is 10.7. The fourth-order valence-electron chi connectivity index (χ4n) is 3.82. The molecule has 4 rings (SSSR count). The summed E-state index contributed by atoms with van der Waals surface area (Å²) in [6, 6.07) is 5.67. The van der Waals surface area contributed by atoms with E-state index in [0.29, 0.717) is 24.8 Å². The molecule has 0 saturated carbocycles. The molecule has 1 fully saturated rings. The van der Waals surface area contributed by atoms with E-state index in [4.69, 9.17) is 9.47 Å². The van der Waals surface area contributed by atoms with Crippen LogP contribution >= 0.6 is 0 Å². The number of ketones is 1. The number of hydrogen-bond donors (Lipinski definition) is 1. The molecule has 3 heterocycles. The fourth-order valence-corrected chi connectivity index (χ4v) is 3.82. The second kappa shape index (κ2) is 9.64. The molecule has 178 valence electrons. The van der Waals surface area contributed by atoms with Crippen LogP contribution in [-0.2, 0) is 4.74 Å². The van der Waals surface area contributed by atoms with Gasteiger partial charge < -0.3 is 19.7 Å². The summed E-state index contributed by atoms with van der Waals surface area (Å²) in [6.45, 7) is 6.31. The van der Waals surface area contributed by atoms with Crippen LogP contribution in [0.1, 0.15) is 31.3 Å². The largest absolute Gasteiger partial charge is 0.497 e. The van der Waals surface area contributed by atoms with Crippen molar-refractivity contribution in [3.05, 3.63) is 47.8 Å². The lowest BCUT2D eigenvalue weighted by molar-refractivity contribution is -0.00572. The smallest absolute Gasteiger partial charge is 0.227 e. The minimum Gasteiger partial charge on any atom is -0.497 e. The minimum absolute atomic E-state index is 0.0187. The van der Waals surface area contributed by atoms with E-state index in [9.17, 15) is 13.6 Å². The molecule has 2 aromatic heterocycles. The molecular formula is C23H24F2N6O3. The van der Waals surface area contributed by atoms with Crippen LogP contribution in [0, 0.1) is 11.6 Å². The average molecular weight is 470 g/mol. The summed E-state index contributed by atoms with van der Waals surface area (Å²) in [5, 5.41) is 10.7. The van der Waals surface area contributed by atoms with Gasteiger partial charge in [0.05, 0.1) is 25.5 Å². The number of carbonyl (C=O) groups is 1. The Hall–Kier alpha value is -3.73. The summed E-state index contributed by atoms with van der Waals surface area (Å²) in [5.41, 5.74) is 0.314. The molecule has 3 aromatic rings. The van der Waals surface area contributed by atoms with Gasteiger partial charge in [0.2, 0.25) is 5.95 Å². The lowest BCUT2D eigenvalue weighted by atomic mass is 10.0. The first-order valence-corrected chi connectivity index (χ1v) is 10.7. The van der Waals surface area contributed by atoms with Gasteiger partial charge in [-0.05, 0) is 32.0 Å². The highest BCUT2D eigenvalue weighted by atomic mass is 19.1. The van der Waals surface area contributed by atoms with Crippen LogP contribution in [0.4, 0.5) is 26.4 Å². The number of halogens is 2. The second-order valence-electron chi connectivity index (χ2n) is 8.05. The monoisotopic (exact) mass is 470 g/mol. The van der Waals surface area contributed by atoms with Gasteiger partial charge >= 0.3 is 0 Å². The van der Waals surface area contributed by atoms with Crippen molar-refractivity contribution in [2.75, 3.05) is 30.4 Å². The quantitative estimate of drug-likeness (QED) is 0.539. The number of Topliss-reactive ketones (excluding diaryl/α,β-unsaturated/α-hetero) is 1. The van der Waals surface area contributed by atoms with Crippen molar-refractivity contribution in [1.29, 1.82) is 0 Å². The Bertz CT molecular complexity index is 1220. The van der Waals surface area contributed by atoms with Crippen LogP contribution in [0.5, 0.6) is 5.75 Å². The van der Waals surface area contributed by atoms with Gasteiger partial charge in [-0.15, -0.1) is 10.2 Å². The molecule has 1 aliphatic rings. The lowest BCUT2D eigenvalue weighted by Gasteiger charge is -2.35. The van der Waals surface area contributed by atoms with Gasteiger partial charge in [0.25, 0.3) is 0 Å². The number of benzene rings is 1. The van der Waals surface area contributed by atoms with Crippen LogP contribution in [0.15, 0.2) is 30.5 Å². The van der Waals surface area contributed by atoms with Crippen molar-refractivity contribution < 1.29 is 23.0 Å². The maximum atomic E-state index is 14.8. The highest BCUT2D eigenvalue weighted by Gasteiger charge is 2.25. The molecule has 0 amide bonds. The standard InChI is InChI=1S/C23H24F2N6O3/c1-12-10-31(11-13(2)34-12)23-26-9-19(25)22(28-23)27-20-8-17(21(14(3)32)30-29-20)16-6-5-15(33-4)7-18(16)24/h5-9,12-13H,10-11H2,1-4H3,(H,26,27,28,29)/t12-,13+. The molecule has 0 bridgehead atoms. The fraction of sp³-hybridized carbons (Fsp3) is 0.348. The molecule has 9 nitrogen and oxygen atoms in total. The first-order chi connectivity index (χ1) is 16.2. The molecular weight excluding hydrogens is 446 g/mol. The van der Waals surface area contributed by atoms with E-state index in [-0.39, 0.29) is 40.7 Å². The number of anilines is 3. The van der Waals surface area contributed by atoms with Crippen molar-refractivity contribution in [2.45, 2.75) is 33.0 Å². The van der Waals surface area contributed by atoms with Crippen molar-refractivity contribution in [3.63, 3.8) is 0 Å². The van der Waals surface area contributed by atoms with Crippen molar-refractivity contribution >= 4 is 23.4 Å². The van der Waals surface area contributed by atoms with Gasteiger partial charge in [-0.25, -0.2) is 13.8 Å². The van der Waals surface area contributed by atoms with Crippen LogP contribution < -0.4 is 15.0 Å². The third-order valence-electron chi connectivity index (χ3n) is 5.27. The predicted molar refractivity (Wildman–Crippen MR) is 121 cm³/mol. The number of morpholine rings is 1. The highest BCUT2D eigenvalue weighted by Crippen LogP contribution is 2.31. The summed E-state index contributed by atoms with van der Waals surface area (Å²) in [6.07, 6.45) is 1.01. The molecule has 1 aliphatic heterocycles. The molecule has 0 spiro atoms. The minimum atomic E-state index is -0.701. The summed E-state index contributed by atoms with van der Waals surface area (Å²) >= 11 is 0. The first kappa shape index (κ1) is 23.4. The number of ether oxygens (including phenoxy) is 2. The Morgan fingerprint density at radius 3 is 2.50 bits per heavy atom. The molecule has 11 heteroatoms. The SMILES string of the molecule is COc1ccc(-c2cc(Nc3nc(N4C[C@@H](C)O[C@@H](C)C4)ncc3F)nnc2C(C)=O)c(F)c1. The van der Waals surface area contributed by atoms with Crippen LogP contribution in [-0.4, -0.2) is 58.4 Å². The van der Waals surface area contributed by atoms with Crippen LogP contribution in [0.2, 0.25) is 0 Å². The van der Waals surface area contributed by atoms with E-state index in [1.54, 1.807) is 6.07 Å². The topological polar surface area (TPSA) is 102 Å². The Balaban J connectivity index is 1.68. The van der Waals surface area contributed by atoms with Gasteiger partial charge in [0.15, 0.2) is 23.2 Å². The number of carbonyl (C=O) groups excluding carboxylic acids is 1. The van der Waals surface area contributed by atoms with E-state index in [2.05, 4.69) is 25.5 Å². The Morgan fingerprint density at radius 2 is 1.85 bits per heavy atom. The number of nitrogens with zero attached hydrogens (tertiary/aromatic N) is 5. The third kappa shape index (κ3) is 4.93. The second-order valence-corrected chi connectivity index (χ2v) is 8.05. The molecule has 2 atom stereocenters. The molecule has 0 radical (unpaired) electrons. The van der Waals surface area contributed by atoms with E-state index in [1.165, 1.54) is 32.2 Å². The van der Waals surface area contributed by atoms with E-state index in [0.717, 1.165) is 6.20 Å². The molecule has 34 heavy (non-hydrogen) atoms. The van der Waals surface area contributed by atoms with Crippen LogP contribution in [0.25, 0.3) is 11.1 Å². The van der Waals surface area contributed by atoms with E-state index < -0.39 is 17.4 Å². The zero-order chi connectivity index (χ0) is 24.4. The van der Waals surface area contributed by atoms with Gasteiger partial charge in [0.1, 0.15) is 17.3 Å². The molecule has 1 aromatic carbocycles. The van der Waals surface area contributed by atoms with E-state index in [1.807, 2.05) is 18.7 Å². The number of hydrogen-bond acceptors (Lipinski definition) is 9. The van der Waals surface area contributed by atoms with Crippen LogP contribution in [0.3, 0.4) is 0 Å². The maximum Gasteiger partial charge on any atom is 0.227 e. The summed E-state index contributed by atoms with van der Waals surface area (Å²) in [7, 11) is 1.42. The summed E-state index contributed by atoms with van der Waals surface area (Å²) < 4.78 is 40.1. The van der Waals surface area contributed by atoms with Gasteiger partial charge in [-0.1, -0.05) is 0 Å². The van der Waals surface area contributed by atoms with Gasteiger partial charge in [0, 0.05) is 37.2 Å². The van der Waals surface area contributed by atoms with Crippen molar-refractivity contribution in [1.82, 2.24) is 20.2 Å². The van der Waals surface area contributed by atoms with E-state index >= 15 is 0 Å². The number of aromatic nitrogens is 4. The predicted octanol–water partition coefficient (Wildman–Crippen LogP) is 3.78. The van der Waals surface area contributed by atoms with Gasteiger partial charge in [-0.2, -0.15) is 4.98 Å². The van der Waals surface area contributed by atoms with Gasteiger partial charge in [-0.3, -0.25) is 4.79 Å². The Morgan fingerprint density at radius 1 is 1.12 bits per heavy atom. The Labute approximate surface area is 195 Å². The average Bonchev–Trinajstić information content (AvgIpc) is 2.79. The number of nitrogens with one attached hydrogen (secondary N) is 1. The normalized spacial score (nSPS) is 18.0.